The number of hydrogen-bond donors (Lipinski definition) is 3. The van der Waals surface area contributed by atoms with Crippen molar-refractivity contribution in [1.82, 2.24) is 15.2 Å². The van der Waals surface area contributed by atoms with Gasteiger partial charge in [-0.15, -0.1) is 0 Å². The Morgan fingerprint density at radius 1 is 1.14 bits per heavy atom. The van der Waals surface area contributed by atoms with Crippen LogP contribution in [-0.2, 0) is 6.54 Å². The number of rotatable bonds is 6. The Kier molecular flexibility index (Phi) is 6.82. The van der Waals surface area contributed by atoms with Crippen molar-refractivity contribution in [2.45, 2.75) is 38.3 Å². The zero-order valence-electron chi connectivity index (χ0n) is 16.6. The summed E-state index contributed by atoms with van der Waals surface area (Å²) < 4.78 is 1.38. The molecule has 1 saturated carbocycles. The molecule has 0 aliphatic heterocycles. The van der Waals surface area contributed by atoms with E-state index in [4.69, 9.17) is 0 Å². The second-order valence-corrected chi connectivity index (χ2v) is 7.46. The second kappa shape index (κ2) is 9.52. The van der Waals surface area contributed by atoms with Gasteiger partial charge in [-0.2, -0.15) is 0 Å². The molecule has 1 aliphatic rings. The standard InChI is InChI=1S/C22H27N3O4/c1-23-21(28)18-11-17(20(27)24-12-16-9-5-6-10-19(16)26)14-25(22(18)29)13-15-7-3-2-4-8-15/h2-4,7-8,11,14,16,19,26H,5-6,9-10,12-13H2,1H3,(H,23,28)(H,24,27). The number of pyridine rings is 1. The van der Waals surface area contributed by atoms with Gasteiger partial charge in [-0.25, -0.2) is 0 Å². The van der Waals surface area contributed by atoms with Crippen LogP contribution in [0.1, 0.15) is 52.0 Å². The van der Waals surface area contributed by atoms with Crippen molar-refractivity contribution in [3.63, 3.8) is 0 Å². The van der Waals surface area contributed by atoms with Crippen LogP contribution in [0, 0.1) is 5.92 Å². The van der Waals surface area contributed by atoms with Crippen molar-refractivity contribution in [1.29, 1.82) is 0 Å². The summed E-state index contributed by atoms with van der Waals surface area (Å²) in [5, 5.41) is 15.4. The summed E-state index contributed by atoms with van der Waals surface area (Å²) in [5.41, 5.74) is 0.603. The molecule has 1 aromatic heterocycles. The predicted octanol–water partition coefficient (Wildman–Crippen LogP) is 1.54. The summed E-state index contributed by atoms with van der Waals surface area (Å²) in [6, 6.07) is 10.7. The fourth-order valence-electron chi connectivity index (χ4n) is 3.71. The zero-order chi connectivity index (χ0) is 20.8. The van der Waals surface area contributed by atoms with E-state index in [1.54, 1.807) is 0 Å². The smallest absolute Gasteiger partial charge is 0.263 e. The zero-order valence-corrected chi connectivity index (χ0v) is 16.6. The van der Waals surface area contributed by atoms with E-state index in [9.17, 15) is 19.5 Å². The normalized spacial score (nSPS) is 18.8. The Labute approximate surface area is 169 Å². The van der Waals surface area contributed by atoms with E-state index < -0.39 is 17.6 Å². The lowest BCUT2D eigenvalue weighted by Crippen LogP contribution is -2.38. The van der Waals surface area contributed by atoms with E-state index >= 15 is 0 Å². The average Bonchev–Trinajstić information content (AvgIpc) is 2.74. The quantitative estimate of drug-likeness (QED) is 0.688. The molecule has 0 saturated heterocycles. The fourth-order valence-corrected chi connectivity index (χ4v) is 3.71. The van der Waals surface area contributed by atoms with Crippen LogP contribution in [0.2, 0.25) is 0 Å². The van der Waals surface area contributed by atoms with E-state index in [2.05, 4.69) is 10.6 Å². The highest BCUT2D eigenvalue weighted by molar-refractivity contribution is 5.99. The van der Waals surface area contributed by atoms with Crippen molar-refractivity contribution in [3.05, 3.63) is 69.6 Å². The molecule has 0 spiro atoms. The SMILES string of the molecule is CNC(=O)c1cc(C(=O)NCC2CCCCC2O)cn(Cc2ccccc2)c1=O. The molecule has 2 unspecified atom stereocenters. The number of amides is 2. The van der Waals surface area contributed by atoms with Crippen molar-refractivity contribution >= 4 is 11.8 Å². The van der Waals surface area contributed by atoms with Crippen molar-refractivity contribution in [3.8, 4) is 0 Å². The minimum Gasteiger partial charge on any atom is -0.393 e. The molecule has 1 aromatic carbocycles. The van der Waals surface area contributed by atoms with Gasteiger partial charge in [0.2, 0.25) is 0 Å². The first-order valence-electron chi connectivity index (χ1n) is 9.96. The summed E-state index contributed by atoms with van der Waals surface area (Å²) in [7, 11) is 1.44. The van der Waals surface area contributed by atoms with Crippen LogP contribution in [0.4, 0.5) is 0 Å². The minimum absolute atomic E-state index is 0.0290. The van der Waals surface area contributed by atoms with Crippen LogP contribution in [-0.4, -0.2) is 41.2 Å². The molecular weight excluding hydrogens is 370 g/mol. The first-order chi connectivity index (χ1) is 14.0. The second-order valence-electron chi connectivity index (χ2n) is 7.46. The number of aromatic nitrogens is 1. The van der Waals surface area contributed by atoms with Crippen LogP contribution in [0.5, 0.6) is 0 Å². The van der Waals surface area contributed by atoms with E-state index in [1.807, 2.05) is 30.3 Å². The third-order valence-corrected chi connectivity index (χ3v) is 5.41. The lowest BCUT2D eigenvalue weighted by molar-refractivity contribution is 0.0662. The maximum Gasteiger partial charge on any atom is 0.263 e. The number of carbonyl (C=O) groups excluding carboxylic acids is 2. The van der Waals surface area contributed by atoms with Gasteiger partial charge in [0.25, 0.3) is 17.4 Å². The minimum atomic E-state index is -0.533. The average molecular weight is 397 g/mol. The number of aliphatic hydroxyl groups excluding tert-OH is 1. The molecule has 0 radical (unpaired) electrons. The largest absolute Gasteiger partial charge is 0.393 e. The van der Waals surface area contributed by atoms with E-state index in [1.165, 1.54) is 23.9 Å². The van der Waals surface area contributed by atoms with Gasteiger partial charge in [-0.1, -0.05) is 43.2 Å². The Morgan fingerprint density at radius 3 is 2.55 bits per heavy atom. The van der Waals surface area contributed by atoms with Crippen LogP contribution in [0.15, 0.2) is 47.4 Å². The molecule has 1 aliphatic carbocycles. The highest BCUT2D eigenvalue weighted by atomic mass is 16.3. The Balaban J connectivity index is 1.84. The molecular formula is C22H27N3O4. The third-order valence-electron chi connectivity index (χ3n) is 5.41. The maximum atomic E-state index is 12.7. The van der Waals surface area contributed by atoms with Crippen molar-refractivity contribution in [2.24, 2.45) is 5.92 Å². The lowest BCUT2D eigenvalue weighted by atomic mass is 9.86. The van der Waals surface area contributed by atoms with E-state index in [-0.39, 0.29) is 29.5 Å². The first-order valence-corrected chi connectivity index (χ1v) is 9.96. The number of benzene rings is 1. The summed E-state index contributed by atoms with van der Waals surface area (Å²) in [6.45, 7) is 0.624. The predicted molar refractivity (Wildman–Crippen MR) is 110 cm³/mol. The number of nitrogens with zero attached hydrogens (tertiary/aromatic N) is 1. The first kappa shape index (κ1) is 20.8. The molecule has 1 fully saturated rings. The number of hydrogen-bond acceptors (Lipinski definition) is 4. The van der Waals surface area contributed by atoms with Crippen molar-refractivity contribution in [2.75, 3.05) is 13.6 Å². The Hall–Kier alpha value is -2.93. The molecule has 2 amide bonds. The Bertz CT molecular complexity index is 923. The van der Waals surface area contributed by atoms with Gasteiger partial charge >= 0.3 is 0 Å². The van der Waals surface area contributed by atoms with Crippen LogP contribution >= 0.6 is 0 Å². The summed E-state index contributed by atoms with van der Waals surface area (Å²) in [6.07, 6.45) is 4.75. The van der Waals surface area contributed by atoms with Gasteiger partial charge in [0.1, 0.15) is 5.56 Å². The Morgan fingerprint density at radius 2 is 1.86 bits per heavy atom. The van der Waals surface area contributed by atoms with Gasteiger partial charge in [0, 0.05) is 25.7 Å². The molecule has 0 bridgehead atoms. The molecule has 1 heterocycles. The highest BCUT2D eigenvalue weighted by Crippen LogP contribution is 2.23. The fraction of sp³-hybridized carbons (Fsp3) is 0.409. The monoisotopic (exact) mass is 397 g/mol. The van der Waals surface area contributed by atoms with Crippen LogP contribution in [0.25, 0.3) is 0 Å². The van der Waals surface area contributed by atoms with E-state index in [0.29, 0.717) is 6.54 Å². The van der Waals surface area contributed by atoms with Crippen LogP contribution in [0.3, 0.4) is 0 Å². The van der Waals surface area contributed by atoms with Crippen molar-refractivity contribution < 1.29 is 14.7 Å². The molecule has 154 valence electrons. The number of carbonyl (C=O) groups is 2. The van der Waals surface area contributed by atoms with Crippen LogP contribution < -0.4 is 16.2 Å². The molecule has 7 heteroatoms. The molecule has 2 aromatic rings. The van der Waals surface area contributed by atoms with Gasteiger partial charge in [0.05, 0.1) is 18.2 Å². The maximum absolute atomic E-state index is 12.7. The summed E-state index contributed by atoms with van der Waals surface area (Å²) >= 11 is 0. The third kappa shape index (κ3) is 5.12. The lowest BCUT2D eigenvalue weighted by Gasteiger charge is -2.27. The number of nitrogens with one attached hydrogen (secondary N) is 2. The summed E-state index contributed by atoms with van der Waals surface area (Å²) in [4.78, 5) is 37.6. The van der Waals surface area contributed by atoms with Gasteiger partial charge in [-0.05, 0) is 24.5 Å². The van der Waals surface area contributed by atoms with E-state index in [0.717, 1.165) is 31.2 Å². The molecule has 3 N–H and O–H groups in total. The topological polar surface area (TPSA) is 100 Å². The van der Waals surface area contributed by atoms with Gasteiger partial charge < -0.3 is 20.3 Å². The summed E-state index contributed by atoms with van der Waals surface area (Å²) in [5.74, 6) is -0.870. The molecule has 3 rings (SSSR count). The highest BCUT2D eigenvalue weighted by Gasteiger charge is 2.24. The number of aliphatic hydroxyl groups is 1. The molecule has 7 nitrogen and oxygen atoms in total. The molecule has 29 heavy (non-hydrogen) atoms. The molecule has 2 atom stereocenters. The van der Waals surface area contributed by atoms with Gasteiger partial charge in [0.15, 0.2) is 0 Å². The van der Waals surface area contributed by atoms with Gasteiger partial charge in [-0.3, -0.25) is 14.4 Å².